The molecule has 1 atom stereocenters. The van der Waals surface area contributed by atoms with Gasteiger partial charge in [-0.1, -0.05) is 6.92 Å². The third-order valence-electron chi connectivity index (χ3n) is 1.53. The van der Waals surface area contributed by atoms with Crippen LogP contribution in [0.4, 0.5) is 0 Å². The Bertz CT molecular complexity index is 92.4. The van der Waals surface area contributed by atoms with Gasteiger partial charge in [0.05, 0.1) is 0 Å². The van der Waals surface area contributed by atoms with Crippen molar-refractivity contribution in [1.29, 1.82) is 0 Å². The number of rotatable bonds is 5. The zero-order valence-electron chi connectivity index (χ0n) is 6.64. The molecule has 0 radical (unpaired) electrons. The van der Waals surface area contributed by atoms with E-state index in [1.165, 1.54) is 0 Å². The fourth-order valence-corrected chi connectivity index (χ4v) is 1.93. The maximum Gasteiger partial charge on any atom is 0.0444 e. The lowest BCUT2D eigenvalue weighted by molar-refractivity contribution is 0.505. The van der Waals surface area contributed by atoms with Crippen LogP contribution in [0.5, 0.6) is 0 Å². The summed E-state index contributed by atoms with van der Waals surface area (Å²) in [6.45, 7) is 2.21. The van der Waals surface area contributed by atoms with Crippen molar-refractivity contribution < 1.29 is 0 Å². The van der Waals surface area contributed by atoms with Crippen LogP contribution in [0.2, 0.25) is 0 Å². The lowest BCUT2D eigenvalue weighted by Crippen LogP contribution is -2.02. The molecule has 0 saturated heterocycles. The van der Waals surface area contributed by atoms with E-state index in [4.69, 9.17) is 0 Å². The summed E-state index contributed by atoms with van der Waals surface area (Å²) in [6.07, 6.45) is 3.28. The summed E-state index contributed by atoms with van der Waals surface area (Å²) in [6, 6.07) is 0. The lowest BCUT2D eigenvalue weighted by Gasteiger charge is -2.13. The molecule has 0 aliphatic rings. The standard InChI is InChI=1S/C7H16S4/c1-5(4-7(10)11)2-3-6(8)9/h5-11H,2-4H2,1H3. The van der Waals surface area contributed by atoms with Gasteiger partial charge in [0.25, 0.3) is 0 Å². The van der Waals surface area contributed by atoms with Crippen LogP contribution >= 0.6 is 50.5 Å². The van der Waals surface area contributed by atoms with Gasteiger partial charge in [0, 0.05) is 9.16 Å². The maximum atomic E-state index is 4.21. The molecule has 0 bridgehead atoms. The topological polar surface area (TPSA) is 0 Å². The molecule has 0 amide bonds. The second-order valence-corrected chi connectivity index (χ2v) is 6.19. The average molecular weight is 228 g/mol. The fraction of sp³-hybridized carbons (Fsp3) is 1.00. The second-order valence-electron chi connectivity index (χ2n) is 2.88. The minimum absolute atomic E-state index is 0.211. The summed E-state index contributed by atoms with van der Waals surface area (Å²) < 4.78 is 0.430. The predicted molar refractivity (Wildman–Crippen MR) is 66.5 cm³/mol. The Labute approximate surface area is 91.5 Å². The zero-order valence-corrected chi connectivity index (χ0v) is 10.2. The lowest BCUT2D eigenvalue weighted by atomic mass is 10.0. The van der Waals surface area contributed by atoms with Crippen LogP contribution in [-0.2, 0) is 0 Å². The molecule has 0 aromatic carbocycles. The number of thiol groups is 4. The molecule has 0 spiro atoms. The minimum Gasteiger partial charge on any atom is -0.165 e. The Morgan fingerprint density at radius 2 is 1.45 bits per heavy atom. The van der Waals surface area contributed by atoms with Crippen molar-refractivity contribution in [3.8, 4) is 0 Å². The van der Waals surface area contributed by atoms with Crippen LogP contribution in [0.3, 0.4) is 0 Å². The van der Waals surface area contributed by atoms with Gasteiger partial charge in [0.1, 0.15) is 0 Å². The van der Waals surface area contributed by atoms with E-state index in [0.717, 1.165) is 19.3 Å². The zero-order chi connectivity index (χ0) is 8.85. The first kappa shape index (κ1) is 12.4. The molecule has 0 N–H and O–H groups in total. The first-order valence-corrected chi connectivity index (χ1v) is 5.81. The van der Waals surface area contributed by atoms with Crippen LogP contribution in [0.1, 0.15) is 26.2 Å². The molecular weight excluding hydrogens is 212 g/mol. The van der Waals surface area contributed by atoms with Crippen LogP contribution < -0.4 is 0 Å². The Balaban J connectivity index is 3.29. The SMILES string of the molecule is CC(CCC(S)S)CC(S)S. The average Bonchev–Trinajstić information content (AvgIpc) is 1.82. The van der Waals surface area contributed by atoms with E-state index >= 15 is 0 Å². The molecule has 0 aromatic heterocycles. The highest BCUT2D eigenvalue weighted by Crippen LogP contribution is 2.20. The molecule has 0 rings (SSSR count). The van der Waals surface area contributed by atoms with Crippen molar-refractivity contribution in [1.82, 2.24) is 0 Å². The van der Waals surface area contributed by atoms with Crippen LogP contribution in [0.15, 0.2) is 0 Å². The van der Waals surface area contributed by atoms with Crippen LogP contribution in [-0.4, -0.2) is 9.16 Å². The van der Waals surface area contributed by atoms with Crippen molar-refractivity contribution in [3.63, 3.8) is 0 Å². The smallest absolute Gasteiger partial charge is 0.0444 e. The summed E-state index contributed by atoms with van der Waals surface area (Å²) in [4.78, 5) is 0. The molecular formula is C7H16S4. The monoisotopic (exact) mass is 228 g/mol. The summed E-state index contributed by atoms with van der Waals surface area (Å²) in [5.74, 6) is 0.678. The number of hydrogen-bond donors (Lipinski definition) is 4. The third kappa shape index (κ3) is 9.31. The molecule has 0 fully saturated rings. The van der Waals surface area contributed by atoms with Crippen molar-refractivity contribution in [3.05, 3.63) is 0 Å². The van der Waals surface area contributed by atoms with Crippen molar-refractivity contribution in [2.45, 2.75) is 35.4 Å². The van der Waals surface area contributed by atoms with Crippen LogP contribution in [0, 0.1) is 5.92 Å². The molecule has 0 nitrogen and oxygen atoms in total. The molecule has 0 heterocycles. The van der Waals surface area contributed by atoms with Gasteiger partial charge in [-0.25, -0.2) is 0 Å². The van der Waals surface area contributed by atoms with Crippen molar-refractivity contribution >= 4 is 50.5 Å². The molecule has 0 saturated carbocycles. The van der Waals surface area contributed by atoms with Gasteiger partial charge in [-0.05, 0) is 25.2 Å². The molecule has 0 aliphatic heterocycles. The molecule has 4 heteroatoms. The normalized spacial score (nSPS) is 14.5. The van der Waals surface area contributed by atoms with Gasteiger partial charge in [0.15, 0.2) is 0 Å². The van der Waals surface area contributed by atoms with Gasteiger partial charge in [-0.2, -0.15) is 50.5 Å². The highest BCUT2D eigenvalue weighted by Gasteiger charge is 2.06. The van der Waals surface area contributed by atoms with E-state index in [-0.39, 0.29) is 9.16 Å². The van der Waals surface area contributed by atoms with E-state index in [9.17, 15) is 0 Å². The molecule has 1 unspecified atom stereocenters. The maximum absolute atomic E-state index is 4.21. The van der Waals surface area contributed by atoms with E-state index in [1.807, 2.05) is 0 Å². The Hall–Kier alpha value is 1.40. The van der Waals surface area contributed by atoms with Gasteiger partial charge < -0.3 is 0 Å². The molecule has 0 aromatic rings. The van der Waals surface area contributed by atoms with E-state index < -0.39 is 0 Å². The fourth-order valence-electron chi connectivity index (χ4n) is 0.911. The summed E-state index contributed by atoms with van der Waals surface area (Å²) >= 11 is 16.8. The third-order valence-corrected chi connectivity index (χ3v) is 2.47. The molecule has 11 heavy (non-hydrogen) atoms. The quantitative estimate of drug-likeness (QED) is 0.403. The van der Waals surface area contributed by atoms with Gasteiger partial charge in [-0.15, -0.1) is 0 Å². The van der Waals surface area contributed by atoms with Crippen molar-refractivity contribution in [2.24, 2.45) is 5.92 Å². The summed E-state index contributed by atoms with van der Waals surface area (Å²) in [5.41, 5.74) is 0. The van der Waals surface area contributed by atoms with E-state index in [2.05, 4.69) is 57.4 Å². The Morgan fingerprint density at radius 1 is 0.909 bits per heavy atom. The highest BCUT2D eigenvalue weighted by molar-refractivity contribution is 7.99. The van der Waals surface area contributed by atoms with E-state index in [0.29, 0.717) is 5.92 Å². The second kappa shape index (κ2) is 6.87. The van der Waals surface area contributed by atoms with Gasteiger partial charge >= 0.3 is 0 Å². The predicted octanol–water partition coefficient (Wildman–Crippen LogP) is 3.16. The summed E-state index contributed by atoms with van der Waals surface area (Å²) in [7, 11) is 0. The van der Waals surface area contributed by atoms with Crippen LogP contribution in [0.25, 0.3) is 0 Å². The van der Waals surface area contributed by atoms with Gasteiger partial charge in [0.2, 0.25) is 0 Å². The molecule has 68 valence electrons. The van der Waals surface area contributed by atoms with Gasteiger partial charge in [-0.3, -0.25) is 0 Å². The summed E-state index contributed by atoms with van der Waals surface area (Å²) in [5, 5.41) is 0. The van der Waals surface area contributed by atoms with E-state index in [1.54, 1.807) is 0 Å². The first-order chi connectivity index (χ1) is 5.02. The highest BCUT2D eigenvalue weighted by atomic mass is 32.2. The minimum atomic E-state index is 0.211. The largest absolute Gasteiger partial charge is 0.165 e. The first-order valence-electron chi connectivity index (χ1n) is 3.74. The number of hydrogen-bond acceptors (Lipinski definition) is 4. The van der Waals surface area contributed by atoms with Crippen molar-refractivity contribution in [2.75, 3.05) is 0 Å². The molecule has 0 aliphatic carbocycles. The Morgan fingerprint density at radius 3 is 1.82 bits per heavy atom. The Kier molecular flexibility index (Phi) is 7.74.